The second kappa shape index (κ2) is 5.12. The lowest BCUT2D eigenvalue weighted by Crippen LogP contribution is -2.43. The molecule has 0 aromatic heterocycles. The van der Waals surface area contributed by atoms with Crippen molar-refractivity contribution in [3.05, 3.63) is 12.2 Å². The lowest BCUT2D eigenvalue weighted by molar-refractivity contribution is -0.136. The largest absolute Gasteiger partial charge is 0.481 e. The van der Waals surface area contributed by atoms with Gasteiger partial charge in [0.05, 0.1) is 12.5 Å². The highest BCUT2D eigenvalue weighted by atomic mass is 16.4. The number of carbonyl (C=O) groups is 1. The van der Waals surface area contributed by atoms with Crippen molar-refractivity contribution < 1.29 is 15.0 Å². The zero-order chi connectivity index (χ0) is 10.6. The molecule has 14 heavy (non-hydrogen) atoms. The summed E-state index contributed by atoms with van der Waals surface area (Å²) < 4.78 is 0. The monoisotopic (exact) mass is 199 g/mol. The molecule has 4 heteroatoms. The van der Waals surface area contributed by atoms with Crippen molar-refractivity contribution in [2.45, 2.75) is 37.8 Å². The van der Waals surface area contributed by atoms with Crippen LogP contribution in [0.1, 0.15) is 25.7 Å². The van der Waals surface area contributed by atoms with E-state index in [0.717, 1.165) is 19.3 Å². The zero-order valence-corrected chi connectivity index (χ0v) is 8.10. The molecule has 80 valence electrons. The molecule has 0 spiro atoms. The van der Waals surface area contributed by atoms with E-state index in [1.165, 1.54) is 0 Å². The molecular weight excluding hydrogens is 182 g/mol. The van der Waals surface area contributed by atoms with Crippen molar-refractivity contribution in [1.82, 2.24) is 0 Å². The molecule has 0 radical (unpaired) electrons. The van der Waals surface area contributed by atoms with Gasteiger partial charge in [0.1, 0.15) is 0 Å². The van der Waals surface area contributed by atoms with Crippen molar-refractivity contribution in [2.24, 2.45) is 11.7 Å². The van der Waals surface area contributed by atoms with Gasteiger partial charge in [0, 0.05) is 6.04 Å². The van der Waals surface area contributed by atoms with Crippen LogP contribution in [-0.2, 0) is 4.79 Å². The Morgan fingerprint density at radius 1 is 1.50 bits per heavy atom. The van der Waals surface area contributed by atoms with E-state index < -0.39 is 12.1 Å². The lowest BCUT2D eigenvalue weighted by Gasteiger charge is -2.30. The third kappa shape index (κ3) is 3.12. The predicted molar refractivity (Wildman–Crippen MR) is 52.7 cm³/mol. The van der Waals surface area contributed by atoms with Crippen molar-refractivity contribution in [3.63, 3.8) is 0 Å². The van der Waals surface area contributed by atoms with Crippen LogP contribution in [-0.4, -0.2) is 28.3 Å². The highest BCUT2D eigenvalue weighted by Gasteiger charge is 2.26. The van der Waals surface area contributed by atoms with Gasteiger partial charge >= 0.3 is 5.97 Å². The summed E-state index contributed by atoms with van der Waals surface area (Å²) in [6.45, 7) is 0. The maximum Gasteiger partial charge on any atom is 0.307 e. The molecule has 1 saturated carbocycles. The van der Waals surface area contributed by atoms with E-state index in [4.69, 9.17) is 10.8 Å². The summed E-state index contributed by atoms with van der Waals surface area (Å²) in [5.41, 5.74) is 5.79. The van der Waals surface area contributed by atoms with Crippen LogP contribution in [0.2, 0.25) is 0 Å². The molecule has 0 heterocycles. The van der Waals surface area contributed by atoms with E-state index in [1.807, 2.05) is 6.08 Å². The molecule has 1 rings (SSSR count). The smallest absolute Gasteiger partial charge is 0.307 e. The Balaban J connectivity index is 2.42. The molecule has 1 aliphatic carbocycles. The van der Waals surface area contributed by atoms with Gasteiger partial charge in [-0.2, -0.15) is 0 Å². The van der Waals surface area contributed by atoms with Crippen LogP contribution in [0.3, 0.4) is 0 Å². The molecule has 1 fully saturated rings. The number of aliphatic hydroxyl groups is 1. The molecule has 1 aliphatic rings. The van der Waals surface area contributed by atoms with Gasteiger partial charge in [-0.3, -0.25) is 4.79 Å². The molecule has 0 bridgehead atoms. The van der Waals surface area contributed by atoms with Gasteiger partial charge in [0.25, 0.3) is 0 Å². The fraction of sp³-hybridized carbons (Fsp3) is 0.700. The topological polar surface area (TPSA) is 83.5 Å². The molecule has 3 unspecified atom stereocenters. The Kier molecular flexibility index (Phi) is 4.10. The molecule has 0 saturated heterocycles. The van der Waals surface area contributed by atoms with Crippen LogP contribution in [0.15, 0.2) is 12.2 Å². The van der Waals surface area contributed by atoms with Gasteiger partial charge in [0.15, 0.2) is 0 Å². The third-order valence-electron chi connectivity index (χ3n) is 2.65. The Hall–Kier alpha value is -0.870. The van der Waals surface area contributed by atoms with Gasteiger partial charge in [-0.25, -0.2) is 0 Å². The Labute approximate surface area is 83.4 Å². The molecule has 0 aromatic carbocycles. The average molecular weight is 199 g/mol. The predicted octanol–water partition coefficient (Wildman–Crippen LogP) is 0.506. The van der Waals surface area contributed by atoms with Gasteiger partial charge in [-0.05, 0) is 18.8 Å². The van der Waals surface area contributed by atoms with E-state index in [-0.39, 0.29) is 18.4 Å². The second-order valence-electron chi connectivity index (χ2n) is 3.77. The zero-order valence-electron chi connectivity index (χ0n) is 8.10. The fourth-order valence-electron chi connectivity index (χ4n) is 1.80. The average Bonchev–Trinajstić information content (AvgIpc) is 2.12. The van der Waals surface area contributed by atoms with Crippen LogP contribution in [0, 0.1) is 5.92 Å². The summed E-state index contributed by atoms with van der Waals surface area (Å²) in [6.07, 6.45) is 5.67. The van der Waals surface area contributed by atoms with E-state index in [9.17, 15) is 9.90 Å². The van der Waals surface area contributed by atoms with Gasteiger partial charge in [-0.1, -0.05) is 18.6 Å². The molecular formula is C10H17NO3. The first-order valence-corrected chi connectivity index (χ1v) is 4.93. The van der Waals surface area contributed by atoms with Gasteiger partial charge in [0.2, 0.25) is 0 Å². The molecule has 4 N–H and O–H groups in total. The van der Waals surface area contributed by atoms with Crippen LogP contribution >= 0.6 is 0 Å². The minimum absolute atomic E-state index is 0.0271. The van der Waals surface area contributed by atoms with Crippen LogP contribution < -0.4 is 5.73 Å². The number of hydrogen-bond donors (Lipinski definition) is 3. The quantitative estimate of drug-likeness (QED) is 0.578. The maximum atomic E-state index is 10.3. The molecule has 4 nitrogen and oxygen atoms in total. The summed E-state index contributed by atoms with van der Waals surface area (Å²) in [4.78, 5) is 10.3. The number of carboxylic acid groups (broad SMARTS) is 1. The standard InChI is InChI=1S/C10H17NO3/c11-10-7(3-1-5-8(10)12)4-2-6-9(13)14/h2,4,7-8,10,12H,1,3,5-6,11H2,(H,13,14)/b4-2+. The number of carboxylic acids is 1. The minimum atomic E-state index is -0.842. The normalized spacial score (nSPS) is 33.4. The van der Waals surface area contributed by atoms with Crippen LogP contribution in [0.25, 0.3) is 0 Å². The Morgan fingerprint density at radius 3 is 2.86 bits per heavy atom. The first-order valence-electron chi connectivity index (χ1n) is 4.93. The number of hydrogen-bond acceptors (Lipinski definition) is 3. The first-order chi connectivity index (χ1) is 6.61. The minimum Gasteiger partial charge on any atom is -0.481 e. The van der Waals surface area contributed by atoms with E-state index in [2.05, 4.69) is 0 Å². The van der Waals surface area contributed by atoms with Crippen molar-refractivity contribution in [1.29, 1.82) is 0 Å². The number of aliphatic hydroxyl groups excluding tert-OH is 1. The van der Waals surface area contributed by atoms with Crippen molar-refractivity contribution in [2.75, 3.05) is 0 Å². The summed E-state index contributed by atoms with van der Waals surface area (Å²) in [5, 5.41) is 17.9. The Bertz CT molecular complexity index is 227. The molecule has 3 atom stereocenters. The summed E-state index contributed by atoms with van der Waals surface area (Å²) in [5.74, 6) is -0.718. The maximum absolute atomic E-state index is 10.3. The first kappa shape index (κ1) is 11.2. The van der Waals surface area contributed by atoms with E-state index in [0.29, 0.717) is 0 Å². The number of aliphatic carboxylic acids is 1. The van der Waals surface area contributed by atoms with Crippen LogP contribution in [0.4, 0.5) is 0 Å². The van der Waals surface area contributed by atoms with Crippen molar-refractivity contribution >= 4 is 5.97 Å². The van der Waals surface area contributed by atoms with E-state index >= 15 is 0 Å². The summed E-state index contributed by atoms with van der Waals surface area (Å²) in [7, 11) is 0. The summed E-state index contributed by atoms with van der Waals surface area (Å²) >= 11 is 0. The fourth-order valence-corrected chi connectivity index (χ4v) is 1.80. The molecule has 0 aromatic rings. The third-order valence-corrected chi connectivity index (χ3v) is 2.65. The molecule has 0 amide bonds. The SMILES string of the molecule is NC1C(O)CCCC1/C=C/CC(=O)O. The second-order valence-corrected chi connectivity index (χ2v) is 3.77. The number of rotatable bonds is 3. The highest BCUT2D eigenvalue weighted by molar-refractivity contribution is 5.68. The summed E-state index contributed by atoms with van der Waals surface area (Å²) in [6, 6.07) is -0.242. The lowest BCUT2D eigenvalue weighted by atomic mass is 9.83. The Morgan fingerprint density at radius 2 is 2.21 bits per heavy atom. The number of nitrogens with two attached hydrogens (primary N) is 1. The highest BCUT2D eigenvalue weighted by Crippen LogP contribution is 2.24. The molecule has 0 aliphatic heterocycles. The van der Waals surface area contributed by atoms with Gasteiger partial charge < -0.3 is 15.9 Å². The van der Waals surface area contributed by atoms with Gasteiger partial charge in [-0.15, -0.1) is 0 Å². The van der Waals surface area contributed by atoms with Crippen molar-refractivity contribution in [3.8, 4) is 0 Å². The van der Waals surface area contributed by atoms with E-state index in [1.54, 1.807) is 6.08 Å². The van der Waals surface area contributed by atoms with Crippen LogP contribution in [0.5, 0.6) is 0 Å².